The van der Waals surface area contributed by atoms with E-state index < -0.39 is 17.7 Å². The number of hydrogen-bond acceptors (Lipinski definition) is 6. The summed E-state index contributed by atoms with van der Waals surface area (Å²) in [6, 6.07) is 13.6. The van der Waals surface area contributed by atoms with Gasteiger partial charge >= 0.3 is 0 Å². The Morgan fingerprint density at radius 1 is 1.03 bits per heavy atom. The first-order valence-electron chi connectivity index (χ1n) is 12.3. The van der Waals surface area contributed by atoms with E-state index in [-0.39, 0.29) is 11.3 Å². The SMILES string of the molecule is CCCOc1cccc(C(O)=C2C(=O)C(=O)N(CCCN(CC)CC)C2c2ccc(OC)cc2)c1. The molecule has 1 heterocycles. The number of rotatable bonds is 12. The number of ketones is 1. The van der Waals surface area contributed by atoms with Crippen LogP contribution in [0.2, 0.25) is 0 Å². The van der Waals surface area contributed by atoms with E-state index in [1.807, 2.05) is 19.1 Å². The van der Waals surface area contributed by atoms with Gasteiger partial charge < -0.3 is 24.4 Å². The average molecular weight is 481 g/mol. The van der Waals surface area contributed by atoms with Gasteiger partial charge in [-0.2, -0.15) is 0 Å². The van der Waals surface area contributed by atoms with Crippen LogP contribution in [0.3, 0.4) is 0 Å². The van der Waals surface area contributed by atoms with Crippen molar-refractivity contribution in [3.63, 3.8) is 0 Å². The number of carbonyl (C=O) groups is 2. The summed E-state index contributed by atoms with van der Waals surface area (Å²) in [4.78, 5) is 30.2. The smallest absolute Gasteiger partial charge is 0.295 e. The molecule has 0 saturated carbocycles. The van der Waals surface area contributed by atoms with Gasteiger partial charge in [-0.25, -0.2) is 0 Å². The quantitative estimate of drug-likeness (QED) is 0.271. The highest BCUT2D eigenvalue weighted by Crippen LogP contribution is 2.40. The topological polar surface area (TPSA) is 79.3 Å². The first kappa shape index (κ1) is 26.3. The van der Waals surface area contributed by atoms with E-state index in [9.17, 15) is 14.7 Å². The van der Waals surface area contributed by atoms with Crippen molar-refractivity contribution in [2.75, 3.05) is 39.9 Å². The van der Waals surface area contributed by atoms with Gasteiger partial charge in [0.25, 0.3) is 11.7 Å². The third kappa shape index (κ3) is 6.03. The van der Waals surface area contributed by atoms with E-state index in [1.165, 1.54) is 0 Å². The number of ether oxygens (including phenoxy) is 2. The Labute approximate surface area is 207 Å². The summed E-state index contributed by atoms with van der Waals surface area (Å²) >= 11 is 0. The molecule has 1 amide bonds. The van der Waals surface area contributed by atoms with Gasteiger partial charge in [0, 0.05) is 12.1 Å². The second kappa shape index (κ2) is 12.4. The van der Waals surface area contributed by atoms with Crippen molar-refractivity contribution >= 4 is 17.4 Å². The van der Waals surface area contributed by atoms with Crippen LogP contribution in [0.1, 0.15) is 50.8 Å². The predicted octanol–water partition coefficient (Wildman–Crippen LogP) is 4.64. The fraction of sp³-hybridized carbons (Fsp3) is 0.429. The fourth-order valence-electron chi connectivity index (χ4n) is 4.36. The molecular formula is C28H36N2O5. The highest BCUT2D eigenvalue weighted by Gasteiger charge is 2.45. The summed E-state index contributed by atoms with van der Waals surface area (Å²) in [5, 5.41) is 11.3. The van der Waals surface area contributed by atoms with Gasteiger partial charge in [-0.15, -0.1) is 0 Å². The van der Waals surface area contributed by atoms with Crippen LogP contribution in [-0.4, -0.2) is 66.5 Å². The first-order valence-corrected chi connectivity index (χ1v) is 12.3. The molecule has 0 radical (unpaired) electrons. The van der Waals surface area contributed by atoms with Crippen molar-refractivity contribution in [3.8, 4) is 11.5 Å². The zero-order valence-corrected chi connectivity index (χ0v) is 21.1. The highest BCUT2D eigenvalue weighted by atomic mass is 16.5. The lowest BCUT2D eigenvalue weighted by atomic mass is 9.95. The summed E-state index contributed by atoms with van der Waals surface area (Å²) in [5.41, 5.74) is 1.28. The lowest BCUT2D eigenvalue weighted by Gasteiger charge is -2.27. The Balaban J connectivity index is 2.02. The maximum Gasteiger partial charge on any atom is 0.295 e. The van der Waals surface area contributed by atoms with Crippen molar-refractivity contribution in [2.24, 2.45) is 0 Å². The molecule has 1 atom stereocenters. The number of hydrogen-bond donors (Lipinski definition) is 1. The summed E-state index contributed by atoms with van der Waals surface area (Å²) in [7, 11) is 1.59. The Morgan fingerprint density at radius 3 is 2.37 bits per heavy atom. The lowest BCUT2D eigenvalue weighted by molar-refractivity contribution is -0.140. The third-order valence-corrected chi connectivity index (χ3v) is 6.32. The number of aliphatic hydroxyl groups excluding tert-OH is 1. The summed E-state index contributed by atoms with van der Waals surface area (Å²) in [6.45, 7) is 9.85. The van der Waals surface area contributed by atoms with Crippen molar-refractivity contribution in [1.82, 2.24) is 9.80 Å². The molecule has 1 aliphatic heterocycles. The van der Waals surface area contributed by atoms with Gasteiger partial charge in [0.15, 0.2) is 0 Å². The molecule has 7 heteroatoms. The number of carbonyl (C=O) groups excluding carboxylic acids is 2. The van der Waals surface area contributed by atoms with Crippen molar-refractivity contribution < 1.29 is 24.2 Å². The maximum atomic E-state index is 13.2. The molecule has 0 bridgehead atoms. The molecular weight excluding hydrogens is 444 g/mol. The molecule has 3 rings (SSSR count). The Kier molecular flexibility index (Phi) is 9.32. The van der Waals surface area contributed by atoms with Gasteiger partial charge in [-0.05, 0) is 62.3 Å². The van der Waals surface area contributed by atoms with Crippen LogP contribution in [0.5, 0.6) is 11.5 Å². The van der Waals surface area contributed by atoms with Gasteiger partial charge in [0.1, 0.15) is 17.3 Å². The van der Waals surface area contributed by atoms with Crippen LogP contribution >= 0.6 is 0 Å². The second-order valence-electron chi connectivity index (χ2n) is 8.52. The van der Waals surface area contributed by atoms with Crippen molar-refractivity contribution in [1.29, 1.82) is 0 Å². The van der Waals surface area contributed by atoms with E-state index >= 15 is 0 Å². The third-order valence-electron chi connectivity index (χ3n) is 6.32. The molecule has 35 heavy (non-hydrogen) atoms. The molecule has 1 fully saturated rings. The molecule has 1 N–H and O–H groups in total. The molecule has 1 saturated heterocycles. The first-order chi connectivity index (χ1) is 16.9. The second-order valence-corrected chi connectivity index (χ2v) is 8.52. The number of amides is 1. The highest BCUT2D eigenvalue weighted by molar-refractivity contribution is 6.46. The molecule has 0 spiro atoms. The van der Waals surface area contributed by atoms with Crippen LogP contribution in [0, 0.1) is 0 Å². The van der Waals surface area contributed by atoms with Crippen molar-refractivity contribution in [3.05, 3.63) is 65.2 Å². The zero-order valence-electron chi connectivity index (χ0n) is 21.1. The van der Waals surface area contributed by atoms with Crippen LogP contribution < -0.4 is 9.47 Å². The number of Topliss-reactive ketones (excluding diaryl/α,β-unsaturated/α-hetero) is 1. The van der Waals surface area contributed by atoms with Crippen molar-refractivity contribution in [2.45, 2.75) is 39.7 Å². The maximum absolute atomic E-state index is 13.2. The minimum Gasteiger partial charge on any atom is -0.507 e. The molecule has 0 aliphatic carbocycles. The van der Waals surface area contributed by atoms with E-state index in [0.29, 0.717) is 30.2 Å². The Hall–Kier alpha value is -3.32. The van der Waals surface area contributed by atoms with E-state index in [4.69, 9.17) is 9.47 Å². The largest absolute Gasteiger partial charge is 0.507 e. The molecule has 2 aromatic carbocycles. The molecule has 1 aliphatic rings. The molecule has 7 nitrogen and oxygen atoms in total. The van der Waals surface area contributed by atoms with Crippen LogP contribution in [-0.2, 0) is 9.59 Å². The van der Waals surface area contributed by atoms with Gasteiger partial charge in [0.2, 0.25) is 0 Å². The van der Waals surface area contributed by atoms with Gasteiger partial charge in [-0.1, -0.05) is 45.0 Å². The summed E-state index contributed by atoms with van der Waals surface area (Å²) in [5.74, 6) is -0.188. The minimum absolute atomic E-state index is 0.0932. The molecule has 0 aromatic heterocycles. The summed E-state index contributed by atoms with van der Waals surface area (Å²) < 4.78 is 11.0. The predicted molar refractivity (Wildman–Crippen MR) is 137 cm³/mol. The van der Waals surface area contributed by atoms with E-state index in [0.717, 1.165) is 38.0 Å². The van der Waals surface area contributed by atoms with Crippen LogP contribution in [0.15, 0.2) is 54.1 Å². The zero-order chi connectivity index (χ0) is 25.4. The number of methoxy groups -OCH3 is 1. The lowest BCUT2D eigenvalue weighted by Crippen LogP contribution is -2.33. The van der Waals surface area contributed by atoms with Crippen LogP contribution in [0.4, 0.5) is 0 Å². The standard InChI is InChI=1S/C28H36N2O5/c1-5-18-35-23-11-8-10-21(19-23)26(31)24-25(20-12-14-22(34-4)15-13-20)30(28(33)27(24)32)17-9-16-29(6-2)7-3/h8,10-15,19,25,31H,5-7,9,16-18H2,1-4H3. The molecule has 188 valence electrons. The van der Waals surface area contributed by atoms with E-state index in [2.05, 4.69) is 18.7 Å². The molecule has 1 unspecified atom stereocenters. The monoisotopic (exact) mass is 480 g/mol. The van der Waals surface area contributed by atoms with Gasteiger partial charge in [-0.3, -0.25) is 9.59 Å². The Morgan fingerprint density at radius 2 is 1.74 bits per heavy atom. The number of aliphatic hydroxyl groups is 1. The average Bonchev–Trinajstić information content (AvgIpc) is 3.14. The number of benzene rings is 2. The minimum atomic E-state index is -0.683. The fourth-order valence-corrected chi connectivity index (χ4v) is 4.36. The van der Waals surface area contributed by atoms with Crippen LogP contribution in [0.25, 0.3) is 5.76 Å². The Bertz CT molecular complexity index is 1040. The van der Waals surface area contributed by atoms with Gasteiger partial charge in [0.05, 0.1) is 25.3 Å². The summed E-state index contributed by atoms with van der Waals surface area (Å²) in [6.07, 6.45) is 1.58. The van der Waals surface area contributed by atoms with E-state index in [1.54, 1.807) is 48.4 Å². The molecule has 2 aromatic rings. The number of nitrogens with zero attached hydrogens (tertiary/aromatic N) is 2. The number of likely N-dealkylation sites (tertiary alicyclic amines) is 1. The normalized spacial score (nSPS) is 17.3.